The first-order valence-corrected chi connectivity index (χ1v) is 5.92. The molecule has 2 aromatic rings. The Morgan fingerprint density at radius 2 is 1.80 bits per heavy atom. The molecule has 0 radical (unpaired) electrons. The maximum absolute atomic E-state index is 13.9. The fraction of sp³-hybridized carbons (Fsp3) is 0.154. The Morgan fingerprint density at radius 1 is 1.15 bits per heavy atom. The van der Waals surface area contributed by atoms with Gasteiger partial charge in [0.05, 0.1) is 0 Å². The smallest absolute Gasteiger partial charge is 0.178 e. The summed E-state index contributed by atoms with van der Waals surface area (Å²) < 4.78 is 40.1. The number of nitrogens with two attached hydrogens (primary N) is 1. The zero-order valence-electron chi connectivity index (χ0n) is 10.7. The van der Waals surface area contributed by atoms with E-state index in [9.17, 15) is 13.2 Å². The van der Waals surface area contributed by atoms with Crippen molar-refractivity contribution >= 4 is 17.3 Å². The molecule has 0 saturated carbocycles. The van der Waals surface area contributed by atoms with Crippen LogP contribution in [0.1, 0.15) is 6.92 Å². The highest BCUT2D eigenvalue weighted by atomic mass is 19.1. The summed E-state index contributed by atoms with van der Waals surface area (Å²) in [7, 11) is 0. The molecular formula is C13H13F3N4. The number of hydrazine groups is 1. The van der Waals surface area contributed by atoms with E-state index < -0.39 is 17.5 Å². The van der Waals surface area contributed by atoms with Gasteiger partial charge in [-0.2, -0.15) is 0 Å². The summed E-state index contributed by atoms with van der Waals surface area (Å²) >= 11 is 0. The zero-order valence-corrected chi connectivity index (χ0v) is 10.7. The van der Waals surface area contributed by atoms with Gasteiger partial charge in [0.2, 0.25) is 0 Å². The minimum absolute atomic E-state index is 0.0894. The lowest BCUT2D eigenvalue weighted by Gasteiger charge is -2.23. The van der Waals surface area contributed by atoms with Gasteiger partial charge in [-0.15, -0.1) is 0 Å². The number of halogens is 3. The average Bonchev–Trinajstić information content (AvgIpc) is 2.43. The lowest BCUT2D eigenvalue weighted by molar-refractivity contribution is 0.575. The standard InChI is InChI=1S/C13H13F3N4/c1-2-20(9-5-3-8(14)4-6-9)13-11(16)7-10(15)12(18-13)19-17/h3-7H,2,17H2,1H3,(H,18,19). The third-order valence-electron chi connectivity index (χ3n) is 2.76. The fourth-order valence-electron chi connectivity index (χ4n) is 1.82. The quantitative estimate of drug-likeness (QED) is 0.668. The fourth-order valence-corrected chi connectivity index (χ4v) is 1.82. The second-order valence-corrected chi connectivity index (χ2v) is 3.99. The van der Waals surface area contributed by atoms with E-state index >= 15 is 0 Å². The van der Waals surface area contributed by atoms with Crippen molar-refractivity contribution in [1.29, 1.82) is 0 Å². The van der Waals surface area contributed by atoms with E-state index in [0.29, 0.717) is 18.3 Å². The van der Waals surface area contributed by atoms with Crippen molar-refractivity contribution in [3.63, 3.8) is 0 Å². The summed E-state index contributed by atoms with van der Waals surface area (Å²) in [6, 6.07) is 6.17. The van der Waals surface area contributed by atoms with E-state index in [4.69, 9.17) is 5.84 Å². The highest BCUT2D eigenvalue weighted by Crippen LogP contribution is 2.28. The van der Waals surface area contributed by atoms with Crippen molar-refractivity contribution in [1.82, 2.24) is 4.98 Å². The van der Waals surface area contributed by atoms with Crippen LogP contribution in [-0.2, 0) is 0 Å². The van der Waals surface area contributed by atoms with Crippen molar-refractivity contribution in [3.8, 4) is 0 Å². The third kappa shape index (κ3) is 2.67. The van der Waals surface area contributed by atoms with Gasteiger partial charge in [0, 0.05) is 18.3 Å². The van der Waals surface area contributed by atoms with Gasteiger partial charge >= 0.3 is 0 Å². The molecule has 2 rings (SSSR count). The van der Waals surface area contributed by atoms with Gasteiger partial charge in [0.25, 0.3) is 0 Å². The molecular weight excluding hydrogens is 269 g/mol. The Bertz CT molecular complexity index is 601. The summed E-state index contributed by atoms with van der Waals surface area (Å²) in [6.07, 6.45) is 0. The Morgan fingerprint density at radius 3 is 2.35 bits per heavy atom. The van der Waals surface area contributed by atoms with Crippen molar-refractivity contribution in [3.05, 3.63) is 47.8 Å². The second-order valence-electron chi connectivity index (χ2n) is 3.99. The van der Waals surface area contributed by atoms with E-state index in [0.717, 1.165) is 0 Å². The highest BCUT2D eigenvalue weighted by Gasteiger charge is 2.17. The minimum atomic E-state index is -0.885. The van der Waals surface area contributed by atoms with Crippen molar-refractivity contribution in [2.75, 3.05) is 16.9 Å². The van der Waals surface area contributed by atoms with Crippen LogP contribution in [0.25, 0.3) is 0 Å². The number of hydrogen-bond donors (Lipinski definition) is 2. The van der Waals surface area contributed by atoms with Gasteiger partial charge in [0.1, 0.15) is 5.82 Å². The summed E-state index contributed by atoms with van der Waals surface area (Å²) in [4.78, 5) is 5.29. The topological polar surface area (TPSA) is 54.2 Å². The Hall–Kier alpha value is -2.28. The molecule has 0 spiro atoms. The number of pyridine rings is 1. The molecule has 1 aromatic carbocycles. The Balaban J connectivity index is 2.48. The number of aromatic nitrogens is 1. The van der Waals surface area contributed by atoms with Crippen LogP contribution in [0.2, 0.25) is 0 Å². The Kier molecular flexibility index (Phi) is 4.09. The van der Waals surface area contributed by atoms with E-state index in [1.807, 2.05) is 0 Å². The molecule has 1 heterocycles. The molecule has 0 saturated heterocycles. The molecule has 0 atom stereocenters. The largest absolute Gasteiger partial charge is 0.324 e. The highest BCUT2D eigenvalue weighted by molar-refractivity contribution is 5.62. The van der Waals surface area contributed by atoms with Crippen LogP contribution >= 0.6 is 0 Å². The molecule has 0 fully saturated rings. The molecule has 0 unspecified atom stereocenters. The second kappa shape index (κ2) is 5.79. The molecule has 3 N–H and O–H groups in total. The molecule has 4 nitrogen and oxygen atoms in total. The molecule has 1 aromatic heterocycles. The van der Waals surface area contributed by atoms with Crippen LogP contribution in [0.15, 0.2) is 30.3 Å². The number of benzene rings is 1. The SMILES string of the molecule is CCN(c1ccc(F)cc1)c1nc(NN)c(F)cc1F. The number of anilines is 3. The molecule has 0 bridgehead atoms. The van der Waals surface area contributed by atoms with Gasteiger partial charge in [0.15, 0.2) is 23.3 Å². The predicted molar refractivity (Wildman–Crippen MR) is 71.0 cm³/mol. The van der Waals surface area contributed by atoms with Gasteiger partial charge in [-0.25, -0.2) is 24.0 Å². The third-order valence-corrected chi connectivity index (χ3v) is 2.76. The van der Waals surface area contributed by atoms with E-state index in [2.05, 4.69) is 10.4 Å². The van der Waals surface area contributed by atoms with Gasteiger partial charge in [-0.3, -0.25) is 0 Å². The summed E-state index contributed by atoms with van der Waals surface area (Å²) in [5.41, 5.74) is 2.60. The lowest BCUT2D eigenvalue weighted by atomic mass is 10.2. The lowest BCUT2D eigenvalue weighted by Crippen LogP contribution is -2.21. The van der Waals surface area contributed by atoms with E-state index in [-0.39, 0.29) is 11.6 Å². The van der Waals surface area contributed by atoms with Crippen LogP contribution in [0.5, 0.6) is 0 Å². The van der Waals surface area contributed by atoms with Crippen LogP contribution < -0.4 is 16.2 Å². The average molecular weight is 282 g/mol. The first-order valence-electron chi connectivity index (χ1n) is 5.92. The van der Waals surface area contributed by atoms with Gasteiger partial charge in [-0.1, -0.05) is 0 Å². The van der Waals surface area contributed by atoms with Gasteiger partial charge < -0.3 is 10.3 Å². The molecule has 0 amide bonds. The van der Waals surface area contributed by atoms with E-state index in [1.165, 1.54) is 29.2 Å². The zero-order chi connectivity index (χ0) is 14.7. The normalized spacial score (nSPS) is 10.4. The maximum Gasteiger partial charge on any atom is 0.178 e. The minimum Gasteiger partial charge on any atom is -0.324 e. The maximum atomic E-state index is 13.9. The van der Waals surface area contributed by atoms with Gasteiger partial charge in [-0.05, 0) is 31.2 Å². The molecule has 7 heteroatoms. The number of rotatable bonds is 4. The summed E-state index contributed by atoms with van der Waals surface area (Å²) in [5, 5.41) is 0. The van der Waals surface area contributed by atoms with E-state index in [1.54, 1.807) is 6.92 Å². The molecule has 0 aliphatic carbocycles. The number of nitrogens with one attached hydrogen (secondary N) is 1. The van der Waals surface area contributed by atoms with Crippen LogP contribution in [0.3, 0.4) is 0 Å². The number of nitrogen functional groups attached to an aromatic ring is 1. The monoisotopic (exact) mass is 282 g/mol. The van der Waals surface area contributed by atoms with Crippen LogP contribution in [0.4, 0.5) is 30.5 Å². The molecule has 0 aliphatic rings. The number of hydrogen-bond acceptors (Lipinski definition) is 4. The molecule has 106 valence electrons. The molecule has 0 aliphatic heterocycles. The van der Waals surface area contributed by atoms with Crippen molar-refractivity contribution in [2.24, 2.45) is 5.84 Å². The van der Waals surface area contributed by atoms with Crippen LogP contribution in [0, 0.1) is 17.5 Å². The van der Waals surface area contributed by atoms with Crippen molar-refractivity contribution in [2.45, 2.75) is 6.92 Å². The van der Waals surface area contributed by atoms with Crippen molar-refractivity contribution < 1.29 is 13.2 Å². The van der Waals surface area contributed by atoms with Crippen LogP contribution in [-0.4, -0.2) is 11.5 Å². The summed E-state index contributed by atoms with van der Waals surface area (Å²) in [5.74, 6) is 2.66. The first-order chi connectivity index (χ1) is 9.56. The Labute approximate surface area is 114 Å². The number of nitrogens with zero attached hydrogens (tertiary/aromatic N) is 2. The molecule has 20 heavy (non-hydrogen) atoms. The summed E-state index contributed by atoms with van der Waals surface area (Å²) in [6.45, 7) is 2.13. The predicted octanol–water partition coefficient (Wildman–Crippen LogP) is 2.94. The first kappa shape index (κ1) is 14.1.